The number of aliphatic hydroxyl groups is 2. The maximum atomic E-state index is 12.6. The maximum Gasteiger partial charge on any atom is 0.303 e. The summed E-state index contributed by atoms with van der Waals surface area (Å²) in [5, 5.41) is 23.6. The van der Waals surface area contributed by atoms with E-state index in [2.05, 4.69) is 39.5 Å². The number of nitrogens with zero attached hydrogens (tertiary/aromatic N) is 1. The van der Waals surface area contributed by atoms with Gasteiger partial charge in [-0.3, -0.25) is 9.69 Å². The lowest BCUT2D eigenvalue weighted by atomic mass is 9.41. The van der Waals surface area contributed by atoms with Crippen LogP contribution in [0.1, 0.15) is 113 Å². The van der Waals surface area contributed by atoms with Gasteiger partial charge in [0.1, 0.15) is 0 Å². The van der Waals surface area contributed by atoms with Gasteiger partial charge in [-0.2, -0.15) is 0 Å². The van der Waals surface area contributed by atoms with Gasteiger partial charge in [0, 0.05) is 38.1 Å². The van der Waals surface area contributed by atoms with E-state index >= 15 is 0 Å². The predicted octanol–water partition coefficient (Wildman–Crippen LogP) is 5.33. The normalized spacial score (nSPS) is 52.6. The van der Waals surface area contributed by atoms with Crippen LogP contribution in [-0.4, -0.2) is 102 Å². The van der Waals surface area contributed by atoms with Crippen molar-refractivity contribution in [3.8, 4) is 0 Å². The molecule has 8 aliphatic rings. The van der Waals surface area contributed by atoms with Crippen molar-refractivity contribution in [1.82, 2.24) is 4.90 Å². The van der Waals surface area contributed by atoms with Gasteiger partial charge in [-0.25, -0.2) is 0 Å². The second-order valence-corrected chi connectivity index (χ2v) is 19.7. The van der Waals surface area contributed by atoms with Gasteiger partial charge in [0.15, 0.2) is 12.4 Å². The third-order valence-electron chi connectivity index (χ3n) is 16.9. The summed E-state index contributed by atoms with van der Waals surface area (Å²) in [6, 6.07) is 0.489. The Kier molecular flexibility index (Phi) is 8.34. The molecular weight excluding hydrogens is 622 g/mol. The molecule has 49 heavy (non-hydrogen) atoms. The van der Waals surface area contributed by atoms with Crippen LogP contribution in [0, 0.1) is 50.7 Å². The monoisotopic (exact) mass is 687 g/mol. The molecule has 4 unspecified atom stereocenters. The topological polar surface area (TPSA) is 107 Å². The molecule has 3 saturated heterocycles. The second-order valence-electron chi connectivity index (χ2n) is 19.7. The average Bonchev–Trinajstić information content (AvgIpc) is 3.29. The van der Waals surface area contributed by atoms with Crippen molar-refractivity contribution in [3.05, 3.63) is 0 Å². The number of ether oxygens (including phenoxy) is 5. The molecular formula is C40H65NO8. The summed E-state index contributed by atoms with van der Waals surface area (Å²) >= 11 is 0. The van der Waals surface area contributed by atoms with Gasteiger partial charge >= 0.3 is 5.97 Å². The number of hydrogen-bond acceptors (Lipinski definition) is 9. The Bertz CT molecular complexity index is 1300. The van der Waals surface area contributed by atoms with Crippen LogP contribution >= 0.6 is 0 Å². The van der Waals surface area contributed by atoms with Crippen molar-refractivity contribution >= 4 is 5.97 Å². The van der Waals surface area contributed by atoms with Crippen molar-refractivity contribution in [2.75, 3.05) is 32.9 Å². The number of aliphatic hydroxyl groups excluding tert-OH is 1. The van der Waals surface area contributed by atoms with Gasteiger partial charge in [0.25, 0.3) is 0 Å². The van der Waals surface area contributed by atoms with Crippen LogP contribution in [0.5, 0.6) is 0 Å². The molecule has 0 amide bonds. The average molecular weight is 688 g/mol. The first-order valence-corrected chi connectivity index (χ1v) is 19.8. The van der Waals surface area contributed by atoms with Gasteiger partial charge in [0.05, 0.1) is 43.2 Å². The molecule has 2 spiro atoms. The van der Waals surface area contributed by atoms with Gasteiger partial charge in [-0.15, -0.1) is 0 Å². The Morgan fingerprint density at radius 1 is 1.00 bits per heavy atom. The zero-order valence-corrected chi connectivity index (χ0v) is 31.5. The van der Waals surface area contributed by atoms with Crippen LogP contribution < -0.4 is 0 Å². The smallest absolute Gasteiger partial charge is 0.303 e. The summed E-state index contributed by atoms with van der Waals surface area (Å²) in [5.74, 6) is 1.12. The van der Waals surface area contributed by atoms with Crippen LogP contribution in [0.2, 0.25) is 0 Å². The molecule has 0 aromatic carbocycles. The fraction of sp³-hybridized carbons (Fsp3) is 0.975. The number of hydrogen-bond donors (Lipinski definition) is 2. The zero-order chi connectivity index (χ0) is 34.9. The fourth-order valence-electron chi connectivity index (χ4n) is 14.6. The molecule has 15 atom stereocenters. The Morgan fingerprint density at radius 2 is 1.73 bits per heavy atom. The largest absolute Gasteiger partial charge is 0.457 e. The van der Waals surface area contributed by atoms with Gasteiger partial charge in [0.2, 0.25) is 0 Å². The molecule has 5 aliphatic carbocycles. The summed E-state index contributed by atoms with van der Waals surface area (Å²) in [5.41, 5.74) is -0.953. The van der Waals surface area contributed by atoms with E-state index < -0.39 is 29.9 Å². The van der Waals surface area contributed by atoms with Gasteiger partial charge in [-0.05, 0) is 117 Å². The van der Waals surface area contributed by atoms with E-state index in [0.717, 1.165) is 58.6 Å². The highest BCUT2D eigenvalue weighted by molar-refractivity contribution is 5.66. The molecule has 3 heterocycles. The third kappa shape index (κ3) is 4.90. The van der Waals surface area contributed by atoms with Crippen LogP contribution in [0.4, 0.5) is 0 Å². The molecule has 8 rings (SSSR count). The van der Waals surface area contributed by atoms with Crippen LogP contribution in [0.15, 0.2) is 0 Å². The minimum Gasteiger partial charge on any atom is -0.457 e. The Labute approximate surface area is 294 Å². The number of morpholine rings is 1. The van der Waals surface area contributed by atoms with E-state index in [-0.39, 0.29) is 52.0 Å². The van der Waals surface area contributed by atoms with E-state index in [1.807, 2.05) is 0 Å². The number of rotatable bonds is 6. The molecule has 0 bridgehead atoms. The Hall–Kier alpha value is -0.810. The molecule has 5 saturated carbocycles. The first-order chi connectivity index (χ1) is 23.0. The lowest BCUT2D eigenvalue weighted by molar-refractivity contribution is -0.251. The first kappa shape index (κ1) is 35.2. The van der Waals surface area contributed by atoms with E-state index in [1.165, 1.54) is 32.6 Å². The summed E-state index contributed by atoms with van der Waals surface area (Å²) in [7, 11) is 0. The van der Waals surface area contributed by atoms with Gasteiger partial charge in [-0.1, -0.05) is 34.6 Å². The number of esters is 1. The van der Waals surface area contributed by atoms with Crippen molar-refractivity contribution in [2.45, 2.75) is 162 Å². The van der Waals surface area contributed by atoms with Crippen molar-refractivity contribution in [1.29, 1.82) is 0 Å². The van der Waals surface area contributed by atoms with Crippen LogP contribution in [0.25, 0.3) is 0 Å². The molecule has 9 heteroatoms. The molecule has 0 radical (unpaired) electrons. The Balaban J connectivity index is 1.02. The first-order valence-electron chi connectivity index (χ1n) is 19.8. The molecule has 8 fully saturated rings. The lowest BCUT2D eigenvalue weighted by Crippen LogP contribution is -2.60. The highest BCUT2D eigenvalue weighted by atomic mass is 16.7. The second kappa shape index (κ2) is 11.6. The summed E-state index contributed by atoms with van der Waals surface area (Å²) in [6.45, 7) is 21.1. The van der Waals surface area contributed by atoms with Crippen molar-refractivity contribution in [2.24, 2.45) is 50.7 Å². The minimum absolute atomic E-state index is 0.0480. The highest BCUT2D eigenvalue weighted by Gasteiger charge is 2.84. The van der Waals surface area contributed by atoms with E-state index in [4.69, 9.17) is 23.7 Å². The third-order valence-corrected chi connectivity index (χ3v) is 16.9. The summed E-state index contributed by atoms with van der Waals surface area (Å²) < 4.78 is 31.5. The summed E-state index contributed by atoms with van der Waals surface area (Å²) in [6.07, 6.45) is 7.85. The maximum absolute atomic E-state index is 12.6. The predicted molar refractivity (Wildman–Crippen MR) is 183 cm³/mol. The fourth-order valence-corrected chi connectivity index (χ4v) is 14.6. The number of carbonyl (C=O) groups excluding carboxylic acids is 1. The molecule has 3 aliphatic heterocycles. The molecule has 0 aromatic rings. The number of fused-ring (bicyclic) bond motifs is 4. The van der Waals surface area contributed by atoms with E-state index in [0.29, 0.717) is 29.7 Å². The minimum atomic E-state index is -1.25. The standard InChI is InChI=1S/C40H65NO8/c1-23-19-26(34(36(5,6)44)47-24(2)42)48-32-31(23)37(7)14-15-40-22-39(40)13-11-29(49-30-20-41(16-18-46-30)25-12-17-45-21-25)35(3,4)27(39)9-10-28(40)38(37,8)33(32)43/h23,25-34,43-44H,9-22H2,1-8H3/t23-,25?,26?,27+,28?,29+,30+,31+,32?,33+,34+,37-,38-,39-,40+/m1/s1. The molecule has 2 N–H and O–H groups in total. The van der Waals surface area contributed by atoms with E-state index in [1.54, 1.807) is 13.8 Å². The Morgan fingerprint density at radius 3 is 2.43 bits per heavy atom. The van der Waals surface area contributed by atoms with Crippen LogP contribution in [0.3, 0.4) is 0 Å². The summed E-state index contributed by atoms with van der Waals surface area (Å²) in [4.78, 5) is 14.6. The molecule has 278 valence electrons. The van der Waals surface area contributed by atoms with Gasteiger partial charge < -0.3 is 33.9 Å². The zero-order valence-electron chi connectivity index (χ0n) is 31.5. The SMILES string of the molecule is CC(=O)O[C@@H](C1C[C@@H](C)[C@H]2C(O1)[C@H](O)[C@@]1(C)C3CC[C@H]4C(C)(C)[C@@H](O[C@H]5CN(C6CCOC6)CCO5)CC[C@@]45C[C@@]35CC[C@]21C)C(C)(C)O. The molecule has 0 aromatic heterocycles. The highest BCUT2D eigenvalue weighted by Crippen LogP contribution is 2.89. The lowest BCUT2D eigenvalue weighted by Gasteiger charge is -2.64. The molecule has 9 nitrogen and oxygen atoms in total. The van der Waals surface area contributed by atoms with Crippen LogP contribution in [-0.2, 0) is 28.5 Å². The quantitative estimate of drug-likeness (QED) is 0.358. The van der Waals surface area contributed by atoms with Crippen molar-refractivity contribution in [3.63, 3.8) is 0 Å². The van der Waals surface area contributed by atoms with E-state index in [9.17, 15) is 15.0 Å². The van der Waals surface area contributed by atoms with Crippen molar-refractivity contribution < 1.29 is 38.7 Å². The number of carbonyl (C=O) groups is 1.